The third kappa shape index (κ3) is 245. The van der Waals surface area contributed by atoms with E-state index in [4.69, 9.17) is 88.8 Å². The largest absolute Gasteiger partial charge is 0.500 e. The van der Waals surface area contributed by atoms with Crippen molar-refractivity contribution in [3.8, 4) is 0 Å². The van der Waals surface area contributed by atoms with Gasteiger partial charge in [0.25, 0.3) is 0 Å². The molecule has 0 bridgehead atoms. The monoisotopic (exact) mass is 2920 g/mol. The van der Waals surface area contributed by atoms with Crippen LogP contribution in [-0.4, -0.2) is 276 Å². The van der Waals surface area contributed by atoms with Crippen LogP contribution in [-0.2, 0) is 172 Å². The fourth-order valence-corrected chi connectivity index (χ4v) is 9.65. The molecular weight excluding hydrogens is 2810 g/mol. The van der Waals surface area contributed by atoms with Crippen molar-refractivity contribution < 1.29 is 481 Å². The number of methoxy groups -OCH3 is 4. The van der Waals surface area contributed by atoms with Crippen LogP contribution in [0.25, 0.3) is 0 Å². The number of halogens is 1. The predicted octanol–water partition coefficient (Wildman–Crippen LogP) is 8.74. The number of alkyl halides is 1. The number of hydrogen-bond acceptors (Lipinski definition) is 34. The number of rotatable bonds is 44. The molecule has 623 valence electrons. The average molecular weight is 2920 g/mol. The van der Waals surface area contributed by atoms with Gasteiger partial charge in [-0.2, -0.15) is 107 Å². The Morgan fingerprint density at radius 3 is 0.854 bits per heavy atom. The molecule has 0 saturated heterocycles. The zero-order valence-electron chi connectivity index (χ0n) is 54.4. The number of thiol groups is 7. The van der Waals surface area contributed by atoms with Crippen LogP contribution >= 0.6 is 171 Å². The van der Waals surface area contributed by atoms with Gasteiger partial charge in [0.05, 0.1) is 40.7 Å². The van der Waals surface area contributed by atoms with E-state index < -0.39 is 38.7 Å². The van der Waals surface area contributed by atoms with E-state index in [2.05, 4.69) is 106 Å². The minimum Gasteiger partial charge on any atom is -0.481 e. The van der Waals surface area contributed by atoms with E-state index in [1.54, 1.807) is 51.0 Å². The Morgan fingerprint density at radius 2 is 0.667 bits per heavy atom. The summed E-state index contributed by atoms with van der Waals surface area (Å²) in [5, 5.41) is 86.3. The first kappa shape index (κ1) is 165. The molecule has 0 unspecified atom stereocenters. The summed E-state index contributed by atoms with van der Waals surface area (Å²) in [5.74, 6) is 3.96. The van der Waals surface area contributed by atoms with Crippen molar-refractivity contribution in [1.82, 2.24) is 0 Å². The van der Waals surface area contributed by atoms with Crippen LogP contribution in [0.1, 0.15) is 72.1 Å². The van der Waals surface area contributed by atoms with Gasteiger partial charge in [-0.15, -0.1) is 16.1 Å². The van der Waals surface area contributed by atoms with Gasteiger partial charge in [0, 0.05) is 476 Å². The maximum absolute atomic E-state index is 9.98. The van der Waals surface area contributed by atoms with Crippen molar-refractivity contribution in [3.05, 3.63) is 0 Å². The molecule has 0 aromatic rings. The van der Waals surface area contributed by atoms with Crippen LogP contribution in [0, 0.1) is 253 Å². The Balaban J connectivity index is -0.0000000340. The third-order valence-electron chi connectivity index (χ3n) is 6.50. The molecule has 0 aliphatic carbocycles. The second-order valence-corrected chi connectivity index (χ2v) is 24.8. The summed E-state index contributed by atoms with van der Waals surface area (Å²) in [7, 11) is 4.31. The van der Waals surface area contributed by atoms with E-state index in [9.17, 15) is 24.0 Å². The molecule has 3 radical (unpaired) electrons. The minimum atomic E-state index is -2.37. The summed E-state index contributed by atoms with van der Waals surface area (Å²) < 4.78 is 50.3. The molecule has 0 amide bonds. The molecule has 0 atom stereocenters. The molecule has 11 N–H and O–H groups in total. The van der Waals surface area contributed by atoms with Crippen LogP contribution in [0.3, 0.4) is 0 Å². The Hall–Kier alpha value is 13.4. The maximum Gasteiger partial charge on any atom is 0.500 e. The molecule has 0 spiro atoms. The van der Waals surface area contributed by atoms with Crippen molar-refractivity contribution in [2.45, 2.75) is 78.2 Å². The number of hydrogen-bond donors (Lipinski definition) is 18. The van der Waals surface area contributed by atoms with Gasteiger partial charge in [0.15, 0.2) is 12.3 Å². The summed E-state index contributed by atoms with van der Waals surface area (Å²) in [6, 6.07) is 0.867. The van der Waals surface area contributed by atoms with E-state index in [1.807, 2.05) is 20.8 Å². The van der Waals surface area contributed by atoms with Crippen LogP contribution in [0.4, 0.5) is 0 Å². The second kappa shape index (κ2) is 176. The Kier molecular flexibility index (Phi) is 301. The van der Waals surface area contributed by atoms with Gasteiger partial charge in [-0.25, -0.2) is 15.8 Å². The molecule has 0 rings (SSSR count). The van der Waals surface area contributed by atoms with Gasteiger partial charge in [0.2, 0.25) is 0 Å². The molecule has 0 aliphatic heterocycles. The Bertz CT molecular complexity index is 1210. The van der Waals surface area contributed by atoms with E-state index >= 15 is 0 Å². The Morgan fingerprint density at radius 1 is 0.417 bits per heavy atom. The van der Waals surface area contributed by atoms with Crippen LogP contribution in [0.15, 0.2) is 0 Å². The van der Waals surface area contributed by atoms with Crippen molar-refractivity contribution in [2.24, 2.45) is 0 Å². The molecule has 27 nitrogen and oxygen atoms in total. The van der Waals surface area contributed by atoms with E-state index in [0.29, 0.717) is 64.1 Å². The fourth-order valence-electron chi connectivity index (χ4n) is 3.44. The van der Waals surface area contributed by atoms with Gasteiger partial charge in [-0.1, -0.05) is 22.6 Å². The van der Waals surface area contributed by atoms with Crippen molar-refractivity contribution in [1.29, 1.82) is 0 Å². The van der Waals surface area contributed by atoms with Crippen LogP contribution in [0.2, 0.25) is 6.04 Å². The van der Waals surface area contributed by atoms with E-state index in [1.165, 1.54) is 47.0 Å². The van der Waals surface area contributed by atoms with Gasteiger partial charge in [-0.3, -0.25) is 28.2 Å². The summed E-state index contributed by atoms with van der Waals surface area (Å²) in [4.78, 5) is 49.0. The number of carbonyl (C=O) groups is 5. The van der Waals surface area contributed by atoms with Crippen LogP contribution in [0.5, 0.6) is 0 Å². The van der Waals surface area contributed by atoms with Crippen LogP contribution < -0.4 is 0 Å². The number of aliphatic carboxylic acids is 5. The molecule has 0 fully saturated rings. The third-order valence-corrected chi connectivity index (χ3v) is 16.2. The fraction of sp³-hybridized carbons (Fsp3) is 0.891. The first-order valence-electron chi connectivity index (χ1n) is 25.8. The average Bonchev–Trinajstić information content (AvgIpc) is 3.51. The molecule has 0 aromatic heterocycles. The summed E-state index contributed by atoms with van der Waals surface area (Å²) in [6.07, 6.45) is 7.29. The normalized spacial score (nSPS) is 8.55. The zero-order valence-corrected chi connectivity index (χ0v) is 87.2. The predicted molar refractivity (Wildman–Crippen MR) is 389 cm³/mol. The maximum atomic E-state index is 9.98. The number of carboxylic acid groups (broad SMARTS) is 5. The molecule has 0 heterocycles. The summed E-state index contributed by atoms with van der Waals surface area (Å²) in [6.45, 7) is 12.0. The zero-order chi connectivity index (χ0) is 69.7. The van der Waals surface area contributed by atoms with Gasteiger partial charge in [0.1, 0.15) is 0 Å². The van der Waals surface area contributed by atoms with E-state index in [-0.39, 0.29) is 398 Å². The van der Waals surface area contributed by atoms with Crippen molar-refractivity contribution >= 4 is 210 Å². The number of carboxylic acids is 5. The SMILES string of the molecule is CCO[Si](CCCS)(OCC)OCC.COCCCS.COCCCS.COCCCSCC(=O)O.COCCCSCC(=O)O.O=C(O)CI.O=C(O)CSCCCO.O=C(O)CSCCO.OCCCS.OOS.OOS.OOSOCCCS.[Er].[Er].[Er].[Y].[Y].[Y].[Yb].[Yb].[Yb]. The smallest absolute Gasteiger partial charge is 0.481 e. The van der Waals surface area contributed by atoms with Crippen molar-refractivity contribution in [3.63, 3.8) is 0 Å². The Labute approximate surface area is 928 Å². The number of ether oxygens (including phenoxy) is 4. The van der Waals surface area contributed by atoms with E-state index in [0.717, 1.165) is 110 Å². The number of aliphatic hydroxyl groups excluding tert-OH is 3. The second-order valence-electron chi connectivity index (χ2n) is 13.8. The topological polar surface area (TPSA) is 409 Å². The van der Waals surface area contributed by atoms with Gasteiger partial charge in [-0.05, 0) is 118 Å². The first-order valence-corrected chi connectivity index (χ1v) is 38.4. The molecule has 0 saturated carbocycles. The number of aliphatic hydroxyl groups is 3. The van der Waals surface area contributed by atoms with Crippen molar-refractivity contribution in [2.75, 3.05) is 180 Å². The molecular formula is C46H107Er3IO27S12SiY3Yb3. The minimum absolute atomic E-state index is 0. The van der Waals surface area contributed by atoms with Gasteiger partial charge < -0.3 is 73.1 Å². The number of thioether (sulfide) groups is 4. The molecule has 0 aliphatic rings. The quantitative estimate of drug-likeness (QED) is 0.00396. The standard InChI is InChI=1S/C9H22O3SSi.2C6H12O3S.C5H10O3S.C4H8O3S.2C4H10OS.C3H8O3S2.C3H8OS.C2H3IO2.3Er.2H2O2S.3Y.3Yb/c1-4-10-14(11-5-2,12-6-3)9-7-8-13;2*1-9-3-2-4-10-5-6(7)8;6-2-1-3-9-4-5(7)8;5-1-2-8-3-4(6)7;2*1-5-3-2-4-6;4-6-8-5-2-1-3-7;4-2-1-3-5;3-1-2(4)5;;;;2*1-2-3;;;;;;/h13H,4-9H2,1-3H3;2*2-5H2,1H3,(H,7,8);6H,1-4H2,(H,7,8);5H,1-3H2,(H,6,7);2*6H,2-4H2,1H3;4,7H,1-3H2;4-5H,1-3H2;1H2,(H,4,5);;;;2*1,3H;;;;;;. The first-order chi connectivity index (χ1) is 41.6. The summed E-state index contributed by atoms with van der Waals surface area (Å²) in [5.41, 5.74) is 0. The molecule has 0 aromatic carbocycles. The van der Waals surface area contributed by atoms with Gasteiger partial charge >= 0.3 is 38.7 Å². The molecule has 96 heavy (non-hydrogen) atoms. The summed E-state index contributed by atoms with van der Waals surface area (Å²) >= 11 is 33.3. The molecule has 50 heteroatoms.